The Morgan fingerprint density at radius 1 is 1.11 bits per heavy atom. The van der Waals surface area contributed by atoms with Gasteiger partial charge in [-0.1, -0.05) is 26.2 Å². The Morgan fingerprint density at radius 2 is 1.93 bits per heavy atom. The second-order valence-corrected chi connectivity index (χ2v) is 9.15. The summed E-state index contributed by atoms with van der Waals surface area (Å²) in [6.45, 7) is 10.1. The van der Waals surface area contributed by atoms with Crippen molar-refractivity contribution in [3.8, 4) is 0 Å². The van der Waals surface area contributed by atoms with Gasteiger partial charge in [0.05, 0.1) is 6.10 Å². The van der Waals surface area contributed by atoms with Crippen molar-refractivity contribution in [1.82, 2.24) is 10.2 Å². The molecule has 5 fully saturated rings. The molecule has 0 amide bonds. The van der Waals surface area contributed by atoms with Gasteiger partial charge in [0, 0.05) is 32.6 Å². The second-order valence-electron chi connectivity index (χ2n) is 9.15. The molecule has 27 heavy (non-hydrogen) atoms. The third-order valence-electron chi connectivity index (χ3n) is 7.05. The molecule has 0 radical (unpaired) electrons. The first kappa shape index (κ1) is 20.0. The number of nitrogens with one attached hydrogen (secondary N) is 1. The van der Waals surface area contributed by atoms with Gasteiger partial charge < -0.3 is 19.7 Å². The molecule has 5 aliphatic rings. The third-order valence-corrected chi connectivity index (χ3v) is 7.05. The lowest BCUT2D eigenvalue weighted by Gasteiger charge is -2.50. The average Bonchev–Trinajstić information content (AvgIpc) is 2.72. The maximum atomic E-state index is 6.47. The van der Waals surface area contributed by atoms with E-state index in [2.05, 4.69) is 17.1 Å². The summed E-state index contributed by atoms with van der Waals surface area (Å²) < 4.78 is 12.8. The van der Waals surface area contributed by atoms with Crippen LogP contribution in [0, 0.1) is 11.8 Å². The molecular formula is C21H38N2O4. The Balaban J connectivity index is 1.38. The van der Waals surface area contributed by atoms with Crippen LogP contribution in [0.5, 0.6) is 0 Å². The van der Waals surface area contributed by atoms with E-state index in [1.165, 1.54) is 51.7 Å². The summed E-state index contributed by atoms with van der Waals surface area (Å²) in [6.07, 6.45) is 9.15. The summed E-state index contributed by atoms with van der Waals surface area (Å²) in [6, 6.07) is 0. The quantitative estimate of drug-likeness (QED) is 0.754. The normalized spacial score (nSPS) is 44.0. The predicted octanol–water partition coefficient (Wildman–Crippen LogP) is 3.07. The molecule has 4 bridgehead atoms. The van der Waals surface area contributed by atoms with E-state index in [0.717, 1.165) is 32.4 Å². The largest absolute Gasteiger partial charge is 0.346 e. The minimum atomic E-state index is -0.665. The van der Waals surface area contributed by atoms with E-state index >= 15 is 0 Å². The highest BCUT2D eigenvalue weighted by molar-refractivity contribution is 4.90. The number of piperazine rings is 1. The van der Waals surface area contributed by atoms with Crippen LogP contribution < -0.4 is 5.32 Å². The van der Waals surface area contributed by atoms with Crippen LogP contribution in [0.15, 0.2) is 0 Å². The summed E-state index contributed by atoms with van der Waals surface area (Å²) in [5.74, 6) is 0.268. The van der Waals surface area contributed by atoms with Crippen molar-refractivity contribution >= 4 is 0 Å². The monoisotopic (exact) mass is 382 g/mol. The van der Waals surface area contributed by atoms with Gasteiger partial charge in [-0.15, -0.1) is 0 Å². The van der Waals surface area contributed by atoms with Crippen LogP contribution in [0.4, 0.5) is 0 Å². The fraction of sp³-hybridized carbons (Fsp3) is 1.00. The molecule has 5 aliphatic heterocycles. The summed E-state index contributed by atoms with van der Waals surface area (Å²) in [5, 5.41) is 3.43. The van der Waals surface area contributed by atoms with Gasteiger partial charge in [-0.2, -0.15) is 0 Å². The lowest BCUT2D eigenvalue weighted by atomic mass is 9.77. The highest BCUT2D eigenvalue weighted by atomic mass is 17.3. The topological polar surface area (TPSA) is 52.2 Å². The number of hydrogen-bond acceptors (Lipinski definition) is 6. The molecule has 0 aromatic heterocycles. The first-order valence-corrected chi connectivity index (χ1v) is 11.3. The van der Waals surface area contributed by atoms with Crippen LogP contribution in [0.3, 0.4) is 0 Å². The number of ether oxygens (including phenoxy) is 2. The third kappa shape index (κ3) is 4.85. The number of fused-ring (bicyclic) bond motifs is 6. The van der Waals surface area contributed by atoms with E-state index in [4.69, 9.17) is 19.2 Å². The van der Waals surface area contributed by atoms with Gasteiger partial charge in [0.15, 0.2) is 6.29 Å². The Hall–Kier alpha value is -0.240. The minimum Gasteiger partial charge on any atom is -0.346 e. The van der Waals surface area contributed by atoms with Gasteiger partial charge >= 0.3 is 0 Å². The SMILES string of the molecule is CC1C(CCCN2CCNCC2)OC2OC3(C)CCCCCCC1C2OO3. The van der Waals surface area contributed by atoms with E-state index in [0.29, 0.717) is 11.8 Å². The first-order valence-electron chi connectivity index (χ1n) is 11.3. The van der Waals surface area contributed by atoms with Crippen molar-refractivity contribution in [2.45, 2.75) is 89.5 Å². The molecule has 5 rings (SSSR count). The molecule has 0 spiro atoms. The zero-order valence-electron chi connectivity index (χ0n) is 17.2. The van der Waals surface area contributed by atoms with Gasteiger partial charge in [0.1, 0.15) is 6.10 Å². The standard InChI is InChI=1S/C21H38N2O4/c1-16-17-8-5-3-4-6-10-21(2)25-20(19(17)26-27-21)24-18(16)9-7-13-23-14-11-22-12-15-23/h16-20,22H,3-15H2,1-2H3. The first-order chi connectivity index (χ1) is 13.1. The van der Waals surface area contributed by atoms with E-state index in [-0.39, 0.29) is 18.5 Å². The molecule has 5 saturated heterocycles. The Kier molecular flexibility index (Phi) is 6.72. The Labute approximate surface area is 164 Å². The van der Waals surface area contributed by atoms with Crippen molar-refractivity contribution in [3.63, 3.8) is 0 Å². The lowest BCUT2D eigenvalue weighted by Crippen LogP contribution is -2.59. The predicted molar refractivity (Wildman–Crippen MR) is 103 cm³/mol. The number of nitrogens with zero attached hydrogens (tertiary/aromatic N) is 1. The second kappa shape index (κ2) is 9.06. The van der Waals surface area contributed by atoms with Crippen LogP contribution in [0.2, 0.25) is 0 Å². The van der Waals surface area contributed by atoms with E-state index in [9.17, 15) is 0 Å². The fourth-order valence-corrected chi connectivity index (χ4v) is 5.27. The number of rotatable bonds is 4. The molecule has 6 unspecified atom stereocenters. The van der Waals surface area contributed by atoms with Gasteiger partial charge in [-0.05, 0) is 51.0 Å². The summed E-state index contributed by atoms with van der Waals surface area (Å²) in [5.41, 5.74) is 0. The van der Waals surface area contributed by atoms with Gasteiger partial charge in [0.25, 0.3) is 0 Å². The molecule has 0 saturated carbocycles. The van der Waals surface area contributed by atoms with E-state index < -0.39 is 5.79 Å². The van der Waals surface area contributed by atoms with Gasteiger partial charge in [-0.25, -0.2) is 9.78 Å². The number of hydrogen-bond donors (Lipinski definition) is 1. The smallest absolute Gasteiger partial charge is 0.201 e. The molecule has 6 nitrogen and oxygen atoms in total. The zero-order chi connectivity index (χ0) is 18.7. The zero-order valence-corrected chi connectivity index (χ0v) is 17.2. The molecule has 156 valence electrons. The summed E-state index contributed by atoms with van der Waals surface area (Å²) in [7, 11) is 0. The van der Waals surface area contributed by atoms with Crippen molar-refractivity contribution in [2.24, 2.45) is 11.8 Å². The molecule has 1 N–H and O–H groups in total. The maximum absolute atomic E-state index is 6.47. The van der Waals surface area contributed by atoms with Crippen LogP contribution in [-0.4, -0.2) is 61.9 Å². The lowest BCUT2D eigenvalue weighted by molar-refractivity contribution is -0.540. The highest BCUT2D eigenvalue weighted by Crippen LogP contribution is 2.44. The fourth-order valence-electron chi connectivity index (χ4n) is 5.27. The maximum Gasteiger partial charge on any atom is 0.201 e. The van der Waals surface area contributed by atoms with E-state index in [1.54, 1.807) is 0 Å². The van der Waals surface area contributed by atoms with Gasteiger partial charge in [0.2, 0.25) is 5.79 Å². The van der Waals surface area contributed by atoms with Crippen LogP contribution in [0.1, 0.15) is 65.2 Å². The molecule has 6 atom stereocenters. The van der Waals surface area contributed by atoms with Crippen molar-refractivity contribution in [2.75, 3.05) is 32.7 Å². The van der Waals surface area contributed by atoms with Crippen LogP contribution >= 0.6 is 0 Å². The molecule has 0 aromatic carbocycles. The van der Waals surface area contributed by atoms with Crippen molar-refractivity contribution < 1.29 is 19.2 Å². The van der Waals surface area contributed by atoms with Crippen LogP contribution in [-0.2, 0) is 19.2 Å². The molecule has 5 heterocycles. The van der Waals surface area contributed by atoms with Gasteiger partial charge in [-0.3, -0.25) is 0 Å². The molecular weight excluding hydrogens is 344 g/mol. The van der Waals surface area contributed by atoms with Crippen molar-refractivity contribution in [1.29, 1.82) is 0 Å². The molecule has 0 aromatic rings. The molecule has 0 aliphatic carbocycles. The van der Waals surface area contributed by atoms with Crippen LogP contribution in [0.25, 0.3) is 0 Å². The summed E-state index contributed by atoms with van der Waals surface area (Å²) in [4.78, 5) is 14.2. The Morgan fingerprint density at radius 3 is 2.78 bits per heavy atom. The Bertz CT molecular complexity index is 473. The van der Waals surface area contributed by atoms with E-state index in [1.807, 2.05) is 6.92 Å². The summed E-state index contributed by atoms with van der Waals surface area (Å²) >= 11 is 0. The molecule has 6 heteroatoms. The highest BCUT2D eigenvalue weighted by Gasteiger charge is 2.51. The minimum absolute atomic E-state index is 0.0874. The average molecular weight is 383 g/mol. The van der Waals surface area contributed by atoms with Crippen molar-refractivity contribution in [3.05, 3.63) is 0 Å².